The summed E-state index contributed by atoms with van der Waals surface area (Å²) in [7, 11) is 2.01. The van der Waals surface area contributed by atoms with Gasteiger partial charge in [0.05, 0.1) is 17.6 Å². The molecular formula is C44H62F3NO10. The molecule has 14 heteroatoms. The van der Waals surface area contributed by atoms with Gasteiger partial charge in [-0.05, 0) is 84.0 Å². The number of carbonyl (C=O) groups excluding carboxylic acids is 4. The van der Waals surface area contributed by atoms with Gasteiger partial charge >= 0.3 is 24.1 Å². The summed E-state index contributed by atoms with van der Waals surface area (Å²) < 4.78 is 54.3. The van der Waals surface area contributed by atoms with E-state index in [-0.39, 0.29) is 31.2 Å². The highest BCUT2D eigenvalue weighted by atomic mass is 19.4. The summed E-state index contributed by atoms with van der Waals surface area (Å²) in [5.41, 5.74) is 0.570. The standard InChI is InChI=1S/C42H61NO9.C2HF3O/c1-5-6-7-8-9-10-11-12-13-14-15-16-17-18-19-20-35(45)49-29(2)39(46)50-30(3)40(47)51-33-23-24-42(48)34-27-31-21-22-32(28-44)37-36(31)41(42,38(33)52-37)25-26-43(34)4;3-2(4,5)1-6/h12-13,21-23,29-30,34,38,44,48H,5-11,14-20,24-28H2,1-4H3;1H/b13-12-;/t29-,30-,34+,38-,41-,42+;/m0./s1. The molecule has 6 atom stereocenters. The lowest BCUT2D eigenvalue weighted by Gasteiger charge is -2.61. The molecule has 324 valence electrons. The fraction of sp³-hybridized carbons (Fsp3) is 0.682. The number of allylic oxidation sites excluding steroid dienone is 2. The van der Waals surface area contributed by atoms with E-state index in [1.807, 2.05) is 19.2 Å². The van der Waals surface area contributed by atoms with Crippen molar-refractivity contribution in [2.75, 3.05) is 13.6 Å². The number of alkyl halides is 3. The summed E-state index contributed by atoms with van der Waals surface area (Å²) in [5.74, 6) is -1.30. The molecule has 11 nitrogen and oxygen atoms in total. The first-order chi connectivity index (χ1) is 27.6. The number of likely N-dealkylation sites (tertiary alicyclic amines) is 1. The number of aldehydes is 1. The van der Waals surface area contributed by atoms with Crippen molar-refractivity contribution in [2.24, 2.45) is 0 Å². The quantitative estimate of drug-likeness (QED) is 0.0414. The van der Waals surface area contributed by atoms with Crippen molar-refractivity contribution in [1.29, 1.82) is 0 Å². The second-order valence-corrected chi connectivity index (χ2v) is 16.0. The van der Waals surface area contributed by atoms with E-state index in [2.05, 4.69) is 24.0 Å². The predicted octanol–water partition coefficient (Wildman–Crippen LogP) is 7.65. The van der Waals surface area contributed by atoms with Gasteiger partial charge in [-0.15, -0.1) is 0 Å². The molecule has 2 heterocycles. The second-order valence-electron chi connectivity index (χ2n) is 16.0. The maximum absolute atomic E-state index is 13.3. The first-order valence-electron chi connectivity index (χ1n) is 21.0. The fourth-order valence-electron chi connectivity index (χ4n) is 8.79. The number of rotatable bonds is 21. The third-order valence-electron chi connectivity index (χ3n) is 11.9. The van der Waals surface area contributed by atoms with Gasteiger partial charge in [0.2, 0.25) is 6.29 Å². The molecule has 0 radical (unpaired) electrons. The molecule has 0 unspecified atom stereocenters. The second kappa shape index (κ2) is 21.5. The van der Waals surface area contributed by atoms with Crippen LogP contribution in [0.5, 0.6) is 5.75 Å². The van der Waals surface area contributed by atoms with Crippen molar-refractivity contribution in [3.05, 3.63) is 52.8 Å². The van der Waals surface area contributed by atoms with Crippen LogP contribution < -0.4 is 4.74 Å². The molecule has 1 spiro atoms. The normalized spacial score (nSPS) is 24.1. The summed E-state index contributed by atoms with van der Waals surface area (Å²) in [4.78, 5) is 49.4. The van der Waals surface area contributed by atoms with E-state index >= 15 is 0 Å². The van der Waals surface area contributed by atoms with E-state index in [0.29, 0.717) is 30.6 Å². The number of aliphatic hydroxyl groups is 2. The molecule has 0 aromatic heterocycles. The lowest BCUT2D eigenvalue weighted by atomic mass is 9.50. The number of benzene rings is 1. The van der Waals surface area contributed by atoms with Crippen LogP contribution in [0, 0.1) is 0 Å². The number of ether oxygens (including phenoxy) is 4. The molecule has 2 aliphatic heterocycles. The average Bonchev–Trinajstić information content (AvgIpc) is 3.55. The number of likely N-dealkylation sites (N-methyl/N-ethyl adjacent to an activating group) is 1. The first-order valence-corrected chi connectivity index (χ1v) is 21.0. The third kappa shape index (κ3) is 11.3. The molecule has 2 aliphatic carbocycles. The van der Waals surface area contributed by atoms with Crippen LogP contribution in [0.15, 0.2) is 36.1 Å². The van der Waals surface area contributed by atoms with Gasteiger partial charge in [0.1, 0.15) is 11.5 Å². The number of nitrogens with zero attached hydrogens (tertiary/aromatic N) is 1. The Morgan fingerprint density at radius 1 is 0.948 bits per heavy atom. The topological polar surface area (TPSA) is 149 Å². The lowest BCUT2D eigenvalue weighted by Crippen LogP contribution is -2.74. The number of carbonyl (C=O) groups is 4. The molecule has 58 heavy (non-hydrogen) atoms. The van der Waals surface area contributed by atoms with Crippen molar-refractivity contribution in [2.45, 2.75) is 178 Å². The van der Waals surface area contributed by atoms with E-state index in [4.69, 9.17) is 23.7 Å². The molecule has 1 fully saturated rings. The summed E-state index contributed by atoms with van der Waals surface area (Å²) >= 11 is 0. The van der Waals surface area contributed by atoms with Crippen molar-refractivity contribution in [3.63, 3.8) is 0 Å². The van der Waals surface area contributed by atoms with E-state index in [9.17, 15) is 37.8 Å². The van der Waals surface area contributed by atoms with Gasteiger partial charge in [-0.3, -0.25) is 9.59 Å². The molecule has 0 saturated carbocycles. The molecule has 2 bridgehead atoms. The van der Waals surface area contributed by atoms with Crippen LogP contribution in [0.4, 0.5) is 13.2 Å². The summed E-state index contributed by atoms with van der Waals surface area (Å²) in [6.45, 7) is 5.59. The molecule has 1 aromatic rings. The number of aliphatic hydroxyl groups excluding tert-OH is 1. The van der Waals surface area contributed by atoms with Crippen molar-refractivity contribution >= 4 is 24.2 Å². The van der Waals surface area contributed by atoms with Crippen LogP contribution in [-0.4, -0.2) is 89.0 Å². The highest BCUT2D eigenvalue weighted by Gasteiger charge is 2.72. The Morgan fingerprint density at radius 2 is 1.55 bits per heavy atom. The molecule has 5 rings (SSSR count). The van der Waals surface area contributed by atoms with Gasteiger partial charge in [-0.2, -0.15) is 13.2 Å². The zero-order chi connectivity index (χ0) is 42.5. The number of halogens is 3. The molecule has 1 aromatic carbocycles. The van der Waals surface area contributed by atoms with Crippen LogP contribution in [0.25, 0.3) is 0 Å². The van der Waals surface area contributed by atoms with E-state index in [1.54, 1.807) is 6.08 Å². The van der Waals surface area contributed by atoms with Crippen LogP contribution >= 0.6 is 0 Å². The SMILES string of the molecule is CCCCCCCC/C=C\CCCCCCCC(=O)O[C@@H](C)C(=O)O[C@@H](C)C(=O)OC1=CC[C@@]2(O)[C@H]3Cc4ccc(CO)c5c4[C@@]2(CCN3C)[C@H]1O5.O=CC(F)(F)F. The van der Waals surface area contributed by atoms with Gasteiger partial charge in [-0.1, -0.05) is 82.6 Å². The van der Waals surface area contributed by atoms with Crippen LogP contribution in [0.1, 0.15) is 140 Å². The van der Waals surface area contributed by atoms with Gasteiger partial charge in [0.25, 0.3) is 0 Å². The minimum Gasteiger partial charge on any atom is -0.481 e. The van der Waals surface area contributed by atoms with Crippen molar-refractivity contribution in [1.82, 2.24) is 4.90 Å². The van der Waals surface area contributed by atoms with E-state index in [1.165, 1.54) is 58.8 Å². The number of esters is 3. The Hall–Kier alpha value is -3.75. The summed E-state index contributed by atoms with van der Waals surface area (Å²) in [6.07, 6.45) is 14.2. The largest absolute Gasteiger partial charge is 0.481 e. The van der Waals surface area contributed by atoms with Gasteiger partial charge in [-0.25, -0.2) is 9.59 Å². The molecular weight excluding hydrogens is 759 g/mol. The summed E-state index contributed by atoms with van der Waals surface area (Å²) in [5, 5.41) is 22.5. The maximum Gasteiger partial charge on any atom is 0.446 e. The molecule has 1 saturated heterocycles. The minimum atomic E-state index is -4.64. The monoisotopic (exact) mass is 821 g/mol. The molecule has 0 amide bonds. The lowest BCUT2D eigenvalue weighted by molar-refractivity contribution is -0.180. The maximum atomic E-state index is 13.3. The van der Waals surface area contributed by atoms with E-state index in [0.717, 1.165) is 49.8 Å². The van der Waals surface area contributed by atoms with Crippen molar-refractivity contribution in [3.8, 4) is 5.75 Å². The fourth-order valence-corrected chi connectivity index (χ4v) is 8.79. The number of hydrogen-bond acceptors (Lipinski definition) is 11. The first kappa shape index (κ1) is 46.9. The average molecular weight is 822 g/mol. The van der Waals surface area contributed by atoms with Gasteiger partial charge < -0.3 is 34.1 Å². The van der Waals surface area contributed by atoms with Crippen molar-refractivity contribution < 1.29 is 61.5 Å². The third-order valence-corrected chi connectivity index (χ3v) is 11.9. The molecule has 4 aliphatic rings. The Morgan fingerprint density at radius 3 is 2.17 bits per heavy atom. The minimum absolute atomic E-state index is 0.153. The Kier molecular flexibility index (Phi) is 17.4. The Bertz CT molecular complexity index is 1630. The van der Waals surface area contributed by atoms with Gasteiger partial charge in [0, 0.05) is 30.0 Å². The number of hydrogen-bond donors (Lipinski definition) is 2. The zero-order valence-electron chi connectivity index (χ0n) is 34.5. The number of unbranched alkanes of at least 4 members (excludes halogenated alkanes) is 11. The Balaban J connectivity index is 0.00000115. The van der Waals surface area contributed by atoms with E-state index < -0.39 is 59.7 Å². The smallest absolute Gasteiger partial charge is 0.446 e. The zero-order valence-corrected chi connectivity index (χ0v) is 34.5. The Labute approximate surface area is 340 Å². The highest BCUT2D eigenvalue weighted by molar-refractivity contribution is 5.83. The van der Waals surface area contributed by atoms with Crippen LogP contribution in [0.2, 0.25) is 0 Å². The number of piperidine rings is 1. The highest BCUT2D eigenvalue weighted by Crippen LogP contribution is 2.64. The predicted molar refractivity (Wildman–Crippen MR) is 210 cm³/mol. The molecule has 2 N–H and O–H groups in total. The summed E-state index contributed by atoms with van der Waals surface area (Å²) in [6, 6.07) is 3.70. The van der Waals surface area contributed by atoms with Crippen LogP contribution in [0.3, 0.4) is 0 Å². The van der Waals surface area contributed by atoms with Crippen LogP contribution in [-0.2, 0) is 51.8 Å². The van der Waals surface area contributed by atoms with Gasteiger partial charge in [0.15, 0.2) is 18.3 Å².